The van der Waals surface area contributed by atoms with Gasteiger partial charge in [0.15, 0.2) is 18.2 Å². The zero-order chi connectivity index (χ0) is 19.9. The van der Waals surface area contributed by atoms with E-state index in [4.69, 9.17) is 0 Å². The molecule has 0 saturated heterocycles. The Labute approximate surface area is 187 Å². The lowest BCUT2D eigenvalue weighted by atomic mass is 10.1. The second-order valence-corrected chi connectivity index (χ2v) is 7.61. The van der Waals surface area contributed by atoms with Crippen LogP contribution in [0, 0.1) is 0 Å². The molecule has 0 aliphatic heterocycles. The summed E-state index contributed by atoms with van der Waals surface area (Å²) < 4.78 is 2.24. The number of rotatable bonds is 14. The fourth-order valence-electron chi connectivity index (χ4n) is 3.38. The molecule has 0 atom stereocenters. The fourth-order valence-corrected chi connectivity index (χ4v) is 3.38. The van der Waals surface area contributed by atoms with Crippen molar-refractivity contribution in [3.8, 4) is 0 Å². The van der Waals surface area contributed by atoms with E-state index < -0.39 is 0 Å². The molecular formula is C26H36BrNO. The number of aryl methyl sites for hydroxylation is 1. The molecule has 3 heteroatoms. The van der Waals surface area contributed by atoms with E-state index in [1.165, 1.54) is 64.2 Å². The zero-order valence-corrected chi connectivity index (χ0v) is 19.4. The van der Waals surface area contributed by atoms with Crippen LogP contribution in [0.25, 0.3) is 6.08 Å². The summed E-state index contributed by atoms with van der Waals surface area (Å²) in [5, 5.41) is 0. The first-order valence-electron chi connectivity index (χ1n) is 11.1. The summed E-state index contributed by atoms with van der Waals surface area (Å²) in [7, 11) is 0. The molecule has 0 aliphatic carbocycles. The molecule has 29 heavy (non-hydrogen) atoms. The van der Waals surface area contributed by atoms with Crippen molar-refractivity contribution in [3.63, 3.8) is 0 Å². The largest absolute Gasteiger partial charge is 1.00 e. The van der Waals surface area contributed by atoms with Crippen LogP contribution in [0.5, 0.6) is 0 Å². The van der Waals surface area contributed by atoms with Crippen molar-refractivity contribution in [2.75, 3.05) is 0 Å². The summed E-state index contributed by atoms with van der Waals surface area (Å²) in [6.45, 7) is 3.35. The topological polar surface area (TPSA) is 20.9 Å². The number of unbranched alkanes of at least 4 members (excludes halogenated alkanes) is 9. The van der Waals surface area contributed by atoms with Crippen LogP contribution in [0.2, 0.25) is 0 Å². The van der Waals surface area contributed by atoms with E-state index in [2.05, 4.69) is 36.0 Å². The third kappa shape index (κ3) is 11.1. The first-order valence-corrected chi connectivity index (χ1v) is 11.1. The van der Waals surface area contributed by atoms with E-state index in [1.54, 1.807) is 6.08 Å². The first kappa shape index (κ1) is 25.3. The molecule has 0 amide bonds. The van der Waals surface area contributed by atoms with Gasteiger partial charge in [-0.2, -0.15) is 0 Å². The van der Waals surface area contributed by atoms with E-state index in [1.807, 2.05) is 36.4 Å². The van der Waals surface area contributed by atoms with Crippen molar-refractivity contribution in [2.24, 2.45) is 0 Å². The Balaban J connectivity index is 0.00000420. The molecule has 0 unspecified atom stereocenters. The van der Waals surface area contributed by atoms with Gasteiger partial charge >= 0.3 is 0 Å². The summed E-state index contributed by atoms with van der Waals surface area (Å²) in [4.78, 5) is 12.1. The summed E-state index contributed by atoms with van der Waals surface area (Å²) in [5.74, 6) is 0.0442. The Bertz CT molecular complexity index is 694. The maximum absolute atomic E-state index is 12.1. The van der Waals surface area contributed by atoms with Crippen molar-refractivity contribution in [2.45, 2.75) is 77.7 Å². The number of carbonyl (C=O) groups excluding carboxylic acids is 1. The zero-order valence-electron chi connectivity index (χ0n) is 17.9. The number of pyridine rings is 1. The SMILES string of the molecule is CCCCCCCCCCCC[n+]1ccc(/C=C/C(=O)c2ccccc2)cc1.[Br-]. The van der Waals surface area contributed by atoms with Crippen LogP contribution in [0.1, 0.15) is 87.1 Å². The number of ketones is 1. The Hall–Kier alpha value is -1.74. The lowest BCUT2D eigenvalue weighted by Gasteiger charge is -2.01. The minimum Gasteiger partial charge on any atom is -1.00 e. The number of nitrogens with zero attached hydrogens (tertiary/aromatic N) is 1. The molecule has 2 rings (SSSR count). The standard InChI is InChI=1S/C26H36NO.BrH/c1-2-3-4-5-6-7-8-9-10-14-21-27-22-19-24(20-23-27)17-18-26(28)25-15-12-11-13-16-25;/h11-13,15-20,22-23H,2-10,14,21H2,1H3;1H/q+1;/p-1/b18-17+;. The van der Waals surface area contributed by atoms with Crippen LogP contribution in [0.4, 0.5) is 0 Å². The predicted molar refractivity (Wildman–Crippen MR) is 118 cm³/mol. The minimum absolute atomic E-state index is 0. The highest BCUT2D eigenvalue weighted by atomic mass is 79.9. The molecule has 0 bridgehead atoms. The first-order chi connectivity index (χ1) is 13.8. The Morgan fingerprint density at radius 1 is 0.793 bits per heavy atom. The molecule has 2 aromatic rings. The smallest absolute Gasteiger partial charge is 0.185 e. The molecule has 0 saturated carbocycles. The van der Waals surface area contributed by atoms with Gasteiger partial charge in [0.1, 0.15) is 6.54 Å². The van der Waals surface area contributed by atoms with Crippen molar-refractivity contribution >= 4 is 11.9 Å². The summed E-state index contributed by atoms with van der Waals surface area (Å²) in [5.41, 5.74) is 1.79. The van der Waals surface area contributed by atoms with Gasteiger partial charge in [0, 0.05) is 24.1 Å². The molecule has 158 valence electrons. The predicted octanol–water partition coefficient (Wildman–Crippen LogP) is 3.80. The van der Waals surface area contributed by atoms with Gasteiger partial charge in [0.05, 0.1) is 0 Å². The van der Waals surface area contributed by atoms with Crippen molar-refractivity contribution in [3.05, 3.63) is 72.1 Å². The lowest BCUT2D eigenvalue weighted by Crippen LogP contribution is -3.00. The molecular weight excluding hydrogens is 422 g/mol. The molecule has 0 aliphatic rings. The normalized spacial score (nSPS) is 10.8. The van der Waals surface area contributed by atoms with Crippen LogP contribution in [0.3, 0.4) is 0 Å². The maximum atomic E-state index is 12.1. The molecule has 0 radical (unpaired) electrons. The fraction of sp³-hybridized carbons (Fsp3) is 0.462. The number of hydrogen-bond acceptors (Lipinski definition) is 1. The van der Waals surface area contributed by atoms with Crippen LogP contribution < -0.4 is 21.5 Å². The second kappa shape index (κ2) is 16.1. The lowest BCUT2D eigenvalue weighted by molar-refractivity contribution is -0.697. The van der Waals surface area contributed by atoms with Gasteiger partial charge in [-0.1, -0.05) is 94.7 Å². The summed E-state index contributed by atoms with van der Waals surface area (Å²) >= 11 is 0. The van der Waals surface area contributed by atoms with Crippen molar-refractivity contribution in [1.29, 1.82) is 0 Å². The molecule has 0 spiro atoms. The van der Waals surface area contributed by atoms with E-state index in [9.17, 15) is 4.79 Å². The third-order valence-electron chi connectivity index (χ3n) is 5.17. The summed E-state index contributed by atoms with van der Waals surface area (Å²) in [6, 6.07) is 13.5. The highest BCUT2D eigenvalue weighted by Gasteiger charge is 2.02. The highest BCUT2D eigenvalue weighted by molar-refractivity contribution is 6.06. The van der Waals surface area contributed by atoms with Crippen LogP contribution >= 0.6 is 0 Å². The summed E-state index contributed by atoms with van der Waals surface area (Å²) in [6.07, 6.45) is 21.4. The average molecular weight is 458 g/mol. The second-order valence-electron chi connectivity index (χ2n) is 7.61. The molecule has 0 N–H and O–H groups in total. The van der Waals surface area contributed by atoms with E-state index in [0.29, 0.717) is 0 Å². The van der Waals surface area contributed by atoms with E-state index in [-0.39, 0.29) is 22.8 Å². The average Bonchev–Trinajstić information content (AvgIpc) is 2.75. The minimum atomic E-state index is 0. The van der Waals surface area contributed by atoms with E-state index in [0.717, 1.165) is 17.7 Å². The van der Waals surface area contributed by atoms with Crippen LogP contribution in [-0.4, -0.2) is 5.78 Å². The number of aromatic nitrogens is 1. The number of hydrogen-bond donors (Lipinski definition) is 0. The van der Waals surface area contributed by atoms with Gasteiger partial charge in [-0.25, -0.2) is 4.57 Å². The van der Waals surface area contributed by atoms with Gasteiger partial charge in [-0.3, -0.25) is 4.79 Å². The monoisotopic (exact) mass is 457 g/mol. The molecule has 0 fully saturated rings. The Kier molecular flexibility index (Phi) is 14.0. The number of benzene rings is 1. The van der Waals surface area contributed by atoms with Gasteiger partial charge in [-0.05, 0) is 18.1 Å². The molecule has 1 aromatic carbocycles. The van der Waals surface area contributed by atoms with Crippen LogP contribution in [0.15, 0.2) is 60.9 Å². The van der Waals surface area contributed by atoms with Gasteiger partial charge in [0.25, 0.3) is 0 Å². The highest BCUT2D eigenvalue weighted by Crippen LogP contribution is 2.10. The number of halogens is 1. The van der Waals surface area contributed by atoms with Crippen LogP contribution in [-0.2, 0) is 6.54 Å². The maximum Gasteiger partial charge on any atom is 0.185 e. The third-order valence-corrected chi connectivity index (χ3v) is 5.17. The van der Waals surface area contributed by atoms with E-state index >= 15 is 0 Å². The number of carbonyl (C=O) groups is 1. The quantitative estimate of drug-likeness (QED) is 0.183. The van der Waals surface area contributed by atoms with Gasteiger partial charge in [-0.15, -0.1) is 0 Å². The molecule has 1 heterocycles. The van der Waals surface area contributed by atoms with Gasteiger partial charge in [0.2, 0.25) is 0 Å². The van der Waals surface area contributed by atoms with Gasteiger partial charge < -0.3 is 17.0 Å². The van der Waals surface area contributed by atoms with Crippen molar-refractivity contribution < 1.29 is 26.3 Å². The Morgan fingerprint density at radius 2 is 1.34 bits per heavy atom. The number of allylic oxidation sites excluding steroid dienone is 1. The Morgan fingerprint density at radius 3 is 1.93 bits per heavy atom. The molecule has 1 aromatic heterocycles. The van der Waals surface area contributed by atoms with Crippen molar-refractivity contribution in [1.82, 2.24) is 0 Å². The molecule has 2 nitrogen and oxygen atoms in total.